The minimum atomic E-state index is 0.0768. The summed E-state index contributed by atoms with van der Waals surface area (Å²) in [6.45, 7) is 2.36. The van der Waals surface area contributed by atoms with Crippen molar-refractivity contribution in [3.8, 4) is 6.07 Å². The SMILES string of the molecule is N#Cc1ccc(N2CCCC(OCCO)C2)cc1. The van der Waals surface area contributed by atoms with Crippen LogP contribution in [0.1, 0.15) is 18.4 Å². The van der Waals surface area contributed by atoms with Crippen LogP contribution in [0.25, 0.3) is 0 Å². The predicted octanol–water partition coefficient (Wildman–Crippen LogP) is 1.54. The first-order chi connectivity index (χ1) is 8.83. The number of nitriles is 1. The lowest BCUT2D eigenvalue weighted by atomic mass is 10.1. The Morgan fingerprint density at radius 3 is 2.83 bits per heavy atom. The molecule has 1 unspecified atom stereocenters. The Labute approximate surface area is 107 Å². The van der Waals surface area contributed by atoms with E-state index in [1.165, 1.54) is 0 Å². The van der Waals surface area contributed by atoms with Crippen LogP contribution in [-0.4, -0.2) is 37.5 Å². The third-order valence-corrected chi connectivity index (χ3v) is 3.18. The molecule has 0 aliphatic carbocycles. The molecule has 1 aliphatic heterocycles. The molecule has 96 valence electrons. The van der Waals surface area contributed by atoms with Crippen LogP contribution in [0.2, 0.25) is 0 Å². The van der Waals surface area contributed by atoms with Crippen molar-refractivity contribution in [2.75, 3.05) is 31.2 Å². The molecule has 0 aromatic heterocycles. The first kappa shape index (κ1) is 12.9. The lowest BCUT2D eigenvalue weighted by molar-refractivity contribution is 0.0214. The molecule has 0 amide bonds. The summed E-state index contributed by atoms with van der Waals surface area (Å²) in [4.78, 5) is 2.27. The number of benzene rings is 1. The second-order valence-corrected chi connectivity index (χ2v) is 4.46. The highest BCUT2D eigenvalue weighted by molar-refractivity contribution is 5.50. The highest BCUT2D eigenvalue weighted by Crippen LogP contribution is 2.21. The van der Waals surface area contributed by atoms with Crippen molar-refractivity contribution >= 4 is 5.69 Å². The zero-order chi connectivity index (χ0) is 12.8. The standard InChI is InChI=1S/C14H18N2O2/c15-10-12-3-5-13(6-4-12)16-7-1-2-14(11-16)18-9-8-17/h3-6,14,17H,1-2,7-9,11H2. The Morgan fingerprint density at radius 2 is 2.17 bits per heavy atom. The molecule has 1 aromatic rings. The van der Waals surface area contributed by atoms with Crippen LogP contribution in [0.3, 0.4) is 0 Å². The lowest BCUT2D eigenvalue weighted by Gasteiger charge is -2.34. The van der Waals surface area contributed by atoms with Crippen LogP contribution in [0.15, 0.2) is 24.3 Å². The lowest BCUT2D eigenvalue weighted by Crippen LogP contribution is -2.40. The van der Waals surface area contributed by atoms with Gasteiger partial charge in [-0.05, 0) is 37.1 Å². The van der Waals surface area contributed by atoms with Gasteiger partial charge in [-0.15, -0.1) is 0 Å². The Bertz CT molecular complexity index is 411. The number of ether oxygens (including phenoxy) is 1. The topological polar surface area (TPSA) is 56.5 Å². The van der Waals surface area contributed by atoms with Gasteiger partial charge in [-0.1, -0.05) is 0 Å². The molecule has 4 heteroatoms. The third kappa shape index (κ3) is 3.22. The van der Waals surface area contributed by atoms with Gasteiger partial charge in [0.2, 0.25) is 0 Å². The second kappa shape index (κ2) is 6.39. The molecular formula is C14H18N2O2. The maximum Gasteiger partial charge on any atom is 0.0991 e. The van der Waals surface area contributed by atoms with E-state index in [1.54, 1.807) is 0 Å². The van der Waals surface area contributed by atoms with E-state index in [-0.39, 0.29) is 12.7 Å². The molecule has 1 N–H and O–H groups in total. The van der Waals surface area contributed by atoms with Gasteiger partial charge in [0.05, 0.1) is 31.0 Å². The highest BCUT2D eigenvalue weighted by atomic mass is 16.5. The van der Waals surface area contributed by atoms with Crippen LogP contribution < -0.4 is 4.90 Å². The minimum absolute atomic E-state index is 0.0768. The molecule has 0 bridgehead atoms. The molecule has 1 fully saturated rings. The van der Waals surface area contributed by atoms with Gasteiger partial charge in [-0.2, -0.15) is 5.26 Å². The average Bonchev–Trinajstić information content (AvgIpc) is 2.45. The maximum atomic E-state index is 8.77. The van der Waals surface area contributed by atoms with Crippen molar-refractivity contribution in [1.82, 2.24) is 0 Å². The average molecular weight is 246 g/mol. The number of piperidine rings is 1. The molecule has 0 saturated carbocycles. The molecule has 0 radical (unpaired) electrons. The third-order valence-electron chi connectivity index (χ3n) is 3.18. The fourth-order valence-electron chi connectivity index (χ4n) is 2.27. The van der Waals surface area contributed by atoms with Gasteiger partial charge in [0.15, 0.2) is 0 Å². The molecule has 2 rings (SSSR count). The van der Waals surface area contributed by atoms with Crippen LogP contribution >= 0.6 is 0 Å². The highest BCUT2D eigenvalue weighted by Gasteiger charge is 2.20. The fourth-order valence-corrected chi connectivity index (χ4v) is 2.27. The van der Waals surface area contributed by atoms with E-state index < -0.39 is 0 Å². The summed E-state index contributed by atoms with van der Waals surface area (Å²) < 4.78 is 5.58. The van der Waals surface area contributed by atoms with Crippen molar-refractivity contribution in [3.63, 3.8) is 0 Å². The zero-order valence-electron chi connectivity index (χ0n) is 10.4. The van der Waals surface area contributed by atoms with Crippen LogP contribution in [-0.2, 0) is 4.74 Å². The Balaban J connectivity index is 1.97. The largest absolute Gasteiger partial charge is 0.394 e. The normalized spacial score (nSPS) is 19.6. The fraction of sp³-hybridized carbons (Fsp3) is 0.500. The smallest absolute Gasteiger partial charge is 0.0991 e. The summed E-state index contributed by atoms with van der Waals surface area (Å²) >= 11 is 0. The first-order valence-corrected chi connectivity index (χ1v) is 6.31. The number of aliphatic hydroxyl groups is 1. The van der Waals surface area contributed by atoms with Crippen molar-refractivity contribution in [2.45, 2.75) is 18.9 Å². The summed E-state index contributed by atoms with van der Waals surface area (Å²) in [6, 6.07) is 9.76. The van der Waals surface area contributed by atoms with Crippen LogP contribution in [0.5, 0.6) is 0 Å². The zero-order valence-corrected chi connectivity index (χ0v) is 10.4. The summed E-state index contributed by atoms with van der Waals surface area (Å²) in [5, 5.41) is 17.5. The van der Waals surface area contributed by atoms with Crippen LogP contribution in [0, 0.1) is 11.3 Å². The molecule has 1 saturated heterocycles. The van der Waals surface area contributed by atoms with Crippen LogP contribution in [0.4, 0.5) is 5.69 Å². The van der Waals surface area contributed by atoms with Crippen molar-refractivity contribution < 1.29 is 9.84 Å². The van der Waals surface area contributed by atoms with E-state index in [9.17, 15) is 0 Å². The molecular weight excluding hydrogens is 228 g/mol. The van der Waals surface area contributed by atoms with Gasteiger partial charge in [0, 0.05) is 18.8 Å². The molecule has 1 atom stereocenters. The van der Waals surface area contributed by atoms with E-state index in [0.29, 0.717) is 12.2 Å². The van der Waals surface area contributed by atoms with E-state index in [4.69, 9.17) is 15.1 Å². The van der Waals surface area contributed by atoms with E-state index >= 15 is 0 Å². The number of hydrogen-bond donors (Lipinski definition) is 1. The molecule has 0 spiro atoms. The minimum Gasteiger partial charge on any atom is -0.394 e. The first-order valence-electron chi connectivity index (χ1n) is 6.31. The summed E-state index contributed by atoms with van der Waals surface area (Å²) in [7, 11) is 0. The van der Waals surface area contributed by atoms with E-state index in [2.05, 4.69) is 11.0 Å². The predicted molar refractivity (Wildman–Crippen MR) is 69.4 cm³/mol. The summed E-state index contributed by atoms with van der Waals surface area (Å²) in [6.07, 6.45) is 2.34. The Kier molecular flexibility index (Phi) is 4.57. The van der Waals surface area contributed by atoms with E-state index in [0.717, 1.165) is 31.6 Å². The molecule has 1 aliphatic rings. The van der Waals surface area contributed by atoms with Gasteiger partial charge in [0.1, 0.15) is 0 Å². The van der Waals surface area contributed by atoms with Crippen molar-refractivity contribution in [2.24, 2.45) is 0 Å². The number of nitrogens with zero attached hydrogens (tertiary/aromatic N) is 2. The summed E-state index contributed by atoms with van der Waals surface area (Å²) in [5.74, 6) is 0. The molecule has 4 nitrogen and oxygen atoms in total. The monoisotopic (exact) mass is 246 g/mol. The number of hydrogen-bond acceptors (Lipinski definition) is 4. The second-order valence-electron chi connectivity index (χ2n) is 4.46. The van der Waals surface area contributed by atoms with Gasteiger partial charge < -0.3 is 14.7 Å². The Hall–Kier alpha value is -1.57. The molecule has 1 aromatic carbocycles. The van der Waals surface area contributed by atoms with Gasteiger partial charge in [-0.3, -0.25) is 0 Å². The maximum absolute atomic E-state index is 8.77. The Morgan fingerprint density at radius 1 is 1.39 bits per heavy atom. The number of rotatable bonds is 4. The quantitative estimate of drug-likeness (QED) is 0.875. The van der Waals surface area contributed by atoms with Gasteiger partial charge >= 0.3 is 0 Å². The molecule has 18 heavy (non-hydrogen) atoms. The van der Waals surface area contributed by atoms with Crippen molar-refractivity contribution in [1.29, 1.82) is 5.26 Å². The van der Waals surface area contributed by atoms with E-state index in [1.807, 2.05) is 24.3 Å². The van der Waals surface area contributed by atoms with Gasteiger partial charge in [-0.25, -0.2) is 0 Å². The van der Waals surface area contributed by atoms with Gasteiger partial charge in [0.25, 0.3) is 0 Å². The summed E-state index contributed by atoms with van der Waals surface area (Å²) in [5.41, 5.74) is 1.81. The molecule has 1 heterocycles. The van der Waals surface area contributed by atoms with Crippen molar-refractivity contribution in [3.05, 3.63) is 29.8 Å². The number of anilines is 1. The number of aliphatic hydroxyl groups excluding tert-OH is 1.